The second kappa shape index (κ2) is 6.05. The maximum absolute atomic E-state index is 12.6. The molecule has 0 aliphatic carbocycles. The lowest BCUT2D eigenvalue weighted by atomic mass is 9.96. The van der Waals surface area contributed by atoms with Crippen LogP contribution in [0.5, 0.6) is 0 Å². The van der Waals surface area contributed by atoms with Gasteiger partial charge in [-0.2, -0.15) is 5.10 Å². The van der Waals surface area contributed by atoms with Gasteiger partial charge in [-0.1, -0.05) is 6.07 Å². The van der Waals surface area contributed by atoms with Crippen LogP contribution < -0.4 is 10.6 Å². The van der Waals surface area contributed by atoms with Gasteiger partial charge in [0.1, 0.15) is 0 Å². The van der Waals surface area contributed by atoms with Crippen LogP contribution in [0.1, 0.15) is 32.7 Å². The van der Waals surface area contributed by atoms with E-state index in [0.29, 0.717) is 12.1 Å². The number of nitrogens with one attached hydrogen (secondary N) is 2. The number of hydrogen-bond donors (Lipinski definition) is 2. The van der Waals surface area contributed by atoms with Crippen molar-refractivity contribution in [2.24, 2.45) is 0 Å². The summed E-state index contributed by atoms with van der Waals surface area (Å²) in [6.07, 6.45) is 6.36. The number of nitrogens with zero attached hydrogens (tertiary/aromatic N) is 3. The fourth-order valence-electron chi connectivity index (χ4n) is 3.25. The summed E-state index contributed by atoms with van der Waals surface area (Å²) in [6, 6.07) is 5.69. The highest BCUT2D eigenvalue weighted by Gasteiger charge is 2.17. The highest BCUT2D eigenvalue weighted by molar-refractivity contribution is 6.00. The molecule has 6 heteroatoms. The van der Waals surface area contributed by atoms with Gasteiger partial charge in [-0.15, -0.1) is 0 Å². The molecule has 0 fully saturated rings. The molecule has 0 bridgehead atoms. The van der Waals surface area contributed by atoms with Crippen LogP contribution in [0.15, 0.2) is 36.8 Å². The first kappa shape index (κ1) is 14.8. The van der Waals surface area contributed by atoms with Gasteiger partial charge < -0.3 is 10.6 Å². The summed E-state index contributed by atoms with van der Waals surface area (Å²) in [5.74, 6) is -0.109. The van der Waals surface area contributed by atoms with E-state index in [1.165, 1.54) is 11.1 Å². The molecule has 1 amide bonds. The van der Waals surface area contributed by atoms with Crippen LogP contribution >= 0.6 is 0 Å². The first-order valence-corrected chi connectivity index (χ1v) is 8.11. The molecule has 4 rings (SSSR count). The molecule has 1 aliphatic heterocycles. The molecule has 0 atom stereocenters. The number of aromatic nitrogens is 3. The van der Waals surface area contributed by atoms with E-state index in [0.717, 1.165) is 36.3 Å². The van der Waals surface area contributed by atoms with Crippen molar-refractivity contribution in [2.75, 3.05) is 6.54 Å². The van der Waals surface area contributed by atoms with Crippen LogP contribution in [-0.2, 0) is 19.5 Å². The monoisotopic (exact) mass is 321 g/mol. The number of hydrogen-bond acceptors (Lipinski definition) is 4. The third kappa shape index (κ3) is 2.55. The van der Waals surface area contributed by atoms with Crippen molar-refractivity contribution in [3.8, 4) is 0 Å². The second-order valence-corrected chi connectivity index (χ2v) is 6.02. The van der Waals surface area contributed by atoms with Gasteiger partial charge in [0.25, 0.3) is 5.91 Å². The largest absolute Gasteiger partial charge is 0.348 e. The summed E-state index contributed by atoms with van der Waals surface area (Å²) in [6.45, 7) is 4.30. The van der Waals surface area contributed by atoms with E-state index in [9.17, 15) is 4.79 Å². The van der Waals surface area contributed by atoms with Crippen molar-refractivity contribution in [1.82, 2.24) is 25.2 Å². The lowest BCUT2D eigenvalue weighted by molar-refractivity contribution is 0.0952. The summed E-state index contributed by atoms with van der Waals surface area (Å²) in [5, 5.41) is 10.6. The Bertz CT molecular complexity index is 915. The number of fused-ring (bicyclic) bond motifs is 2. The lowest BCUT2D eigenvalue weighted by Gasteiger charge is -2.21. The average molecular weight is 321 g/mol. The summed E-state index contributed by atoms with van der Waals surface area (Å²) in [7, 11) is 0. The molecule has 3 aromatic rings. The fourth-order valence-corrected chi connectivity index (χ4v) is 3.25. The third-order valence-corrected chi connectivity index (χ3v) is 4.57. The second-order valence-electron chi connectivity index (χ2n) is 6.02. The smallest absolute Gasteiger partial charge is 0.255 e. The van der Waals surface area contributed by atoms with E-state index < -0.39 is 0 Å². The van der Waals surface area contributed by atoms with Gasteiger partial charge in [-0.05, 0) is 48.7 Å². The maximum atomic E-state index is 12.6. The molecular weight excluding hydrogens is 302 g/mol. The average Bonchev–Trinajstić information content (AvgIpc) is 3.05. The normalized spacial score (nSPS) is 13.7. The first-order valence-electron chi connectivity index (χ1n) is 8.11. The molecule has 0 spiro atoms. The minimum atomic E-state index is -0.109. The molecule has 2 N–H and O–H groups in total. The van der Waals surface area contributed by atoms with E-state index in [2.05, 4.69) is 20.7 Å². The Balaban J connectivity index is 1.58. The van der Waals surface area contributed by atoms with Gasteiger partial charge in [0.2, 0.25) is 0 Å². The zero-order valence-corrected chi connectivity index (χ0v) is 13.5. The quantitative estimate of drug-likeness (QED) is 0.769. The van der Waals surface area contributed by atoms with E-state index in [1.54, 1.807) is 10.7 Å². The van der Waals surface area contributed by atoms with Crippen LogP contribution in [0.2, 0.25) is 0 Å². The maximum Gasteiger partial charge on any atom is 0.255 e. The Morgan fingerprint density at radius 3 is 3.21 bits per heavy atom. The van der Waals surface area contributed by atoms with E-state index in [1.807, 2.05) is 37.5 Å². The van der Waals surface area contributed by atoms with Crippen LogP contribution in [-0.4, -0.2) is 27.0 Å². The van der Waals surface area contributed by atoms with Crippen LogP contribution in [0.3, 0.4) is 0 Å². The molecule has 4 heterocycles. The molecule has 0 unspecified atom stereocenters. The number of carbonyl (C=O) groups excluding carboxylic acids is 1. The van der Waals surface area contributed by atoms with Crippen LogP contribution in [0.4, 0.5) is 0 Å². The summed E-state index contributed by atoms with van der Waals surface area (Å²) in [5.41, 5.74) is 6.07. The Morgan fingerprint density at radius 2 is 2.29 bits per heavy atom. The first-order chi connectivity index (χ1) is 11.7. The molecule has 6 nitrogen and oxygen atoms in total. The fraction of sp³-hybridized carbons (Fsp3) is 0.278. The molecule has 122 valence electrons. The molecule has 0 saturated carbocycles. The highest BCUT2D eigenvalue weighted by Crippen LogP contribution is 2.20. The SMILES string of the molecule is Cc1ncc2c(c1CNC(=O)c1cnn3ccccc13)CCNC2. The van der Waals surface area contributed by atoms with Gasteiger partial charge in [0.15, 0.2) is 0 Å². The van der Waals surface area contributed by atoms with Crippen LogP contribution in [0, 0.1) is 6.92 Å². The van der Waals surface area contributed by atoms with Crippen molar-refractivity contribution in [3.05, 3.63) is 64.7 Å². The number of pyridine rings is 2. The van der Waals surface area contributed by atoms with Gasteiger partial charge in [0.05, 0.1) is 17.3 Å². The zero-order chi connectivity index (χ0) is 16.5. The predicted molar refractivity (Wildman–Crippen MR) is 90.7 cm³/mol. The van der Waals surface area contributed by atoms with E-state index in [-0.39, 0.29) is 5.91 Å². The summed E-state index contributed by atoms with van der Waals surface area (Å²) >= 11 is 0. The Morgan fingerprint density at radius 1 is 1.38 bits per heavy atom. The molecule has 0 aromatic carbocycles. The third-order valence-electron chi connectivity index (χ3n) is 4.57. The van der Waals surface area contributed by atoms with Crippen molar-refractivity contribution < 1.29 is 4.79 Å². The Hall–Kier alpha value is -2.73. The molecule has 3 aromatic heterocycles. The van der Waals surface area contributed by atoms with Crippen molar-refractivity contribution in [3.63, 3.8) is 0 Å². The topological polar surface area (TPSA) is 71.3 Å². The Kier molecular flexibility index (Phi) is 3.74. The highest BCUT2D eigenvalue weighted by atomic mass is 16.1. The van der Waals surface area contributed by atoms with E-state index >= 15 is 0 Å². The number of carbonyl (C=O) groups is 1. The predicted octanol–water partition coefficient (Wildman–Crippen LogP) is 1.61. The molecular formula is C18H19N5O. The van der Waals surface area contributed by atoms with Crippen molar-refractivity contribution in [1.29, 1.82) is 0 Å². The zero-order valence-electron chi connectivity index (χ0n) is 13.5. The van der Waals surface area contributed by atoms with Crippen molar-refractivity contribution in [2.45, 2.75) is 26.4 Å². The molecule has 0 radical (unpaired) electrons. The van der Waals surface area contributed by atoms with E-state index in [4.69, 9.17) is 0 Å². The van der Waals surface area contributed by atoms with Gasteiger partial charge in [0, 0.05) is 31.2 Å². The lowest BCUT2D eigenvalue weighted by Crippen LogP contribution is -2.28. The standard InChI is InChI=1S/C18H19N5O/c1-12-15(14-5-6-19-8-13(14)9-20-12)10-21-18(24)16-11-22-23-7-3-2-4-17(16)23/h2-4,7,9,11,19H,5-6,8,10H2,1H3,(H,21,24). The van der Waals surface area contributed by atoms with Gasteiger partial charge >= 0.3 is 0 Å². The van der Waals surface area contributed by atoms with Gasteiger partial charge in [-0.3, -0.25) is 9.78 Å². The number of aryl methyl sites for hydroxylation is 1. The van der Waals surface area contributed by atoms with Crippen LogP contribution in [0.25, 0.3) is 5.52 Å². The molecule has 0 saturated heterocycles. The molecule has 1 aliphatic rings. The van der Waals surface area contributed by atoms with Gasteiger partial charge in [-0.25, -0.2) is 4.52 Å². The van der Waals surface area contributed by atoms with Crippen molar-refractivity contribution >= 4 is 11.4 Å². The minimum Gasteiger partial charge on any atom is -0.348 e. The molecule has 24 heavy (non-hydrogen) atoms. The summed E-state index contributed by atoms with van der Waals surface area (Å²) < 4.78 is 1.71. The number of amides is 1. The summed E-state index contributed by atoms with van der Waals surface area (Å²) in [4.78, 5) is 17.1. The minimum absolute atomic E-state index is 0.109. The Labute approximate surface area is 139 Å². The number of rotatable bonds is 3.